The molecule has 4 aliphatic carbocycles. The maximum Gasteiger partial charge on any atom is 0.0431 e. The molecule has 0 aliphatic heterocycles. The van der Waals surface area contributed by atoms with E-state index in [-0.39, 0.29) is 0 Å². The van der Waals surface area contributed by atoms with Crippen LogP contribution in [0.3, 0.4) is 0 Å². The number of allylic oxidation sites excluding steroid dienone is 4. The third-order valence-corrected chi connectivity index (χ3v) is 9.99. The average molecular weight is 371 g/mol. The highest BCUT2D eigenvalue weighted by Gasteiger charge is 2.59. The number of hydrogen-bond acceptors (Lipinski definition) is 1. The Morgan fingerprint density at radius 3 is 2.74 bits per heavy atom. The minimum absolute atomic E-state index is 0.345. The van der Waals surface area contributed by atoms with Crippen molar-refractivity contribution in [1.82, 2.24) is 0 Å². The Balaban J connectivity index is 1.67. The first-order chi connectivity index (χ1) is 13.0. The molecule has 1 nitrogen and oxygen atoms in total. The first-order valence-electron chi connectivity index (χ1n) is 11.9. The number of aliphatic hydroxyl groups excluding tert-OH is 1. The van der Waals surface area contributed by atoms with Gasteiger partial charge in [0.05, 0.1) is 0 Å². The number of aliphatic hydroxyl groups is 1. The Morgan fingerprint density at radius 2 is 2.00 bits per heavy atom. The summed E-state index contributed by atoms with van der Waals surface area (Å²) in [6.07, 6.45) is 19.3. The fourth-order valence-corrected chi connectivity index (χ4v) is 8.47. The predicted octanol–water partition coefficient (Wildman–Crippen LogP) is 6.78. The van der Waals surface area contributed by atoms with Crippen molar-refractivity contribution < 1.29 is 5.11 Å². The lowest BCUT2D eigenvalue weighted by Crippen LogP contribution is -2.52. The number of fused-ring (bicyclic) bond motifs is 5. The molecule has 4 rings (SSSR count). The Labute approximate surface area is 167 Å². The Bertz CT molecular complexity index is 603. The van der Waals surface area contributed by atoms with Crippen molar-refractivity contribution in [1.29, 1.82) is 0 Å². The van der Waals surface area contributed by atoms with Gasteiger partial charge >= 0.3 is 0 Å². The maximum absolute atomic E-state index is 9.37. The third kappa shape index (κ3) is 2.98. The zero-order chi connectivity index (χ0) is 19.2. The van der Waals surface area contributed by atoms with Crippen LogP contribution in [0.2, 0.25) is 0 Å². The molecule has 0 radical (unpaired) electrons. The quantitative estimate of drug-likeness (QED) is 0.566. The molecule has 3 saturated carbocycles. The molecular formula is C26H42O. The van der Waals surface area contributed by atoms with E-state index in [0.29, 0.717) is 23.4 Å². The second kappa shape index (κ2) is 7.36. The van der Waals surface area contributed by atoms with E-state index in [9.17, 15) is 5.11 Å². The summed E-state index contributed by atoms with van der Waals surface area (Å²) in [5, 5.41) is 9.37. The van der Waals surface area contributed by atoms with Gasteiger partial charge in [0, 0.05) is 6.61 Å². The van der Waals surface area contributed by atoms with Crippen molar-refractivity contribution in [3.05, 3.63) is 23.8 Å². The van der Waals surface area contributed by atoms with Gasteiger partial charge in [0.15, 0.2) is 0 Å². The zero-order valence-corrected chi connectivity index (χ0v) is 18.2. The van der Waals surface area contributed by atoms with Crippen LogP contribution in [0.15, 0.2) is 23.8 Å². The molecule has 0 aromatic carbocycles. The van der Waals surface area contributed by atoms with E-state index in [1.165, 1.54) is 51.4 Å². The SMILES string of the molecule is CC[C@H]1CCC2C3CC(C(C)CCCO)C4=CC=CC[C@]4(C)C3CC[C@@]21C. The minimum Gasteiger partial charge on any atom is -0.396 e. The third-order valence-electron chi connectivity index (χ3n) is 9.99. The molecule has 1 heteroatoms. The zero-order valence-electron chi connectivity index (χ0n) is 18.2. The van der Waals surface area contributed by atoms with Crippen molar-refractivity contribution in [3.8, 4) is 0 Å². The monoisotopic (exact) mass is 370 g/mol. The standard InChI is InChI=1S/C26H42O/c1-5-19-11-12-23-21-17-20(18(2)9-8-16-27)22-10-6-7-14-26(22,4)24(21)13-15-25(19,23)3/h6-7,10,18-21,23-24,27H,5,8-9,11-17H2,1-4H3/t18?,19-,20?,21?,23?,24?,25+,26-/m0/s1. The van der Waals surface area contributed by atoms with Crippen LogP contribution in [0.4, 0.5) is 0 Å². The van der Waals surface area contributed by atoms with Gasteiger partial charge in [-0.2, -0.15) is 0 Å². The number of hydrogen-bond donors (Lipinski definition) is 1. The van der Waals surface area contributed by atoms with Gasteiger partial charge in [-0.25, -0.2) is 0 Å². The summed E-state index contributed by atoms with van der Waals surface area (Å²) in [5.74, 6) is 5.17. The van der Waals surface area contributed by atoms with Crippen LogP contribution < -0.4 is 0 Å². The van der Waals surface area contributed by atoms with Crippen LogP contribution in [0.5, 0.6) is 0 Å². The fraction of sp³-hybridized carbons (Fsp3) is 0.846. The Kier molecular flexibility index (Phi) is 5.38. The Hall–Kier alpha value is -0.560. The molecule has 4 aliphatic rings. The highest BCUT2D eigenvalue weighted by molar-refractivity contribution is 5.32. The van der Waals surface area contributed by atoms with E-state index in [1.54, 1.807) is 5.57 Å². The predicted molar refractivity (Wildman–Crippen MR) is 114 cm³/mol. The molecule has 8 atom stereocenters. The summed E-state index contributed by atoms with van der Waals surface area (Å²) in [7, 11) is 0. The molecule has 1 N–H and O–H groups in total. The molecule has 0 aromatic rings. The van der Waals surface area contributed by atoms with Crippen LogP contribution in [0, 0.1) is 46.3 Å². The van der Waals surface area contributed by atoms with E-state index in [2.05, 4.69) is 45.9 Å². The summed E-state index contributed by atoms with van der Waals surface area (Å²) in [4.78, 5) is 0. The van der Waals surface area contributed by atoms with Gasteiger partial charge in [0.25, 0.3) is 0 Å². The van der Waals surface area contributed by atoms with Gasteiger partial charge in [0.2, 0.25) is 0 Å². The molecule has 5 unspecified atom stereocenters. The van der Waals surface area contributed by atoms with Gasteiger partial charge in [0.1, 0.15) is 0 Å². The van der Waals surface area contributed by atoms with Gasteiger partial charge in [-0.15, -0.1) is 0 Å². The van der Waals surface area contributed by atoms with Crippen molar-refractivity contribution >= 4 is 0 Å². The first kappa shape index (κ1) is 19.7. The van der Waals surface area contributed by atoms with Crippen molar-refractivity contribution in [2.75, 3.05) is 6.61 Å². The van der Waals surface area contributed by atoms with Crippen molar-refractivity contribution in [2.24, 2.45) is 46.3 Å². The largest absolute Gasteiger partial charge is 0.396 e. The molecule has 0 saturated heterocycles. The van der Waals surface area contributed by atoms with Crippen molar-refractivity contribution in [3.63, 3.8) is 0 Å². The molecule has 3 fully saturated rings. The summed E-state index contributed by atoms with van der Waals surface area (Å²) < 4.78 is 0. The van der Waals surface area contributed by atoms with Gasteiger partial charge < -0.3 is 5.11 Å². The van der Waals surface area contributed by atoms with Crippen LogP contribution >= 0.6 is 0 Å². The van der Waals surface area contributed by atoms with Crippen LogP contribution in [-0.4, -0.2) is 11.7 Å². The molecule has 27 heavy (non-hydrogen) atoms. The van der Waals surface area contributed by atoms with E-state index < -0.39 is 0 Å². The second-order valence-corrected chi connectivity index (χ2v) is 11.0. The topological polar surface area (TPSA) is 20.2 Å². The minimum atomic E-state index is 0.345. The second-order valence-electron chi connectivity index (χ2n) is 11.0. The van der Waals surface area contributed by atoms with Crippen LogP contribution in [-0.2, 0) is 0 Å². The lowest BCUT2D eigenvalue weighted by Gasteiger charge is -2.60. The summed E-state index contributed by atoms with van der Waals surface area (Å²) in [6, 6.07) is 0. The summed E-state index contributed by atoms with van der Waals surface area (Å²) in [6.45, 7) is 10.5. The van der Waals surface area contributed by atoms with E-state index in [0.717, 1.165) is 36.0 Å². The smallest absolute Gasteiger partial charge is 0.0431 e. The Morgan fingerprint density at radius 1 is 1.19 bits per heavy atom. The lowest BCUT2D eigenvalue weighted by molar-refractivity contribution is -0.0641. The molecule has 0 bridgehead atoms. The maximum atomic E-state index is 9.37. The highest BCUT2D eigenvalue weighted by atomic mass is 16.2. The molecule has 152 valence electrons. The van der Waals surface area contributed by atoms with E-state index >= 15 is 0 Å². The summed E-state index contributed by atoms with van der Waals surface area (Å²) >= 11 is 0. The molecule has 0 heterocycles. The summed E-state index contributed by atoms with van der Waals surface area (Å²) in [5.41, 5.74) is 2.77. The van der Waals surface area contributed by atoms with Gasteiger partial charge in [-0.05, 0) is 97.7 Å². The van der Waals surface area contributed by atoms with Gasteiger partial charge in [-0.1, -0.05) is 57.9 Å². The lowest BCUT2D eigenvalue weighted by atomic mass is 9.44. The average Bonchev–Trinajstić information content (AvgIpc) is 3.01. The van der Waals surface area contributed by atoms with Crippen molar-refractivity contribution in [2.45, 2.75) is 85.5 Å². The highest BCUT2D eigenvalue weighted by Crippen LogP contribution is 2.68. The van der Waals surface area contributed by atoms with Crippen LogP contribution in [0.25, 0.3) is 0 Å². The molecule has 0 aromatic heterocycles. The first-order valence-corrected chi connectivity index (χ1v) is 11.9. The van der Waals surface area contributed by atoms with E-state index in [1.807, 2.05) is 0 Å². The number of rotatable bonds is 5. The van der Waals surface area contributed by atoms with Gasteiger partial charge in [-0.3, -0.25) is 0 Å². The molecular weight excluding hydrogens is 328 g/mol. The molecule has 0 amide bonds. The normalized spacial score (nSPS) is 47.0. The van der Waals surface area contributed by atoms with Crippen LogP contribution in [0.1, 0.15) is 85.5 Å². The fourth-order valence-electron chi connectivity index (χ4n) is 8.47. The molecule has 0 spiro atoms. The van der Waals surface area contributed by atoms with E-state index in [4.69, 9.17) is 0 Å².